The second-order valence-electron chi connectivity index (χ2n) is 5.57. The number of fused-ring (bicyclic) bond motifs is 1. The van der Waals surface area contributed by atoms with E-state index in [-0.39, 0.29) is 5.54 Å². The molecule has 2 aliphatic rings. The van der Waals surface area contributed by atoms with Crippen LogP contribution >= 0.6 is 0 Å². The van der Waals surface area contributed by atoms with Crippen LogP contribution in [0.2, 0.25) is 0 Å². The Morgan fingerprint density at radius 3 is 2.94 bits per heavy atom. The molecular weight excluding hydrogens is 200 g/mol. The van der Waals surface area contributed by atoms with Gasteiger partial charge in [0.25, 0.3) is 0 Å². The third kappa shape index (κ3) is 2.13. The topological polar surface area (TPSA) is 35.5 Å². The van der Waals surface area contributed by atoms with Crippen LogP contribution in [0.1, 0.15) is 46.0 Å². The molecule has 2 aliphatic heterocycles. The van der Waals surface area contributed by atoms with E-state index in [4.69, 9.17) is 0 Å². The van der Waals surface area contributed by atoms with Gasteiger partial charge >= 0.3 is 0 Å². The fourth-order valence-electron chi connectivity index (χ4n) is 3.39. The Labute approximate surface area is 99.2 Å². The fraction of sp³-hybridized carbons (Fsp3) is 1.00. The lowest BCUT2D eigenvalue weighted by Crippen LogP contribution is -2.60. The molecule has 0 spiro atoms. The lowest BCUT2D eigenvalue weighted by molar-refractivity contribution is 0.0798. The number of hydrogen-bond acceptors (Lipinski definition) is 3. The Balaban J connectivity index is 2.08. The van der Waals surface area contributed by atoms with Gasteiger partial charge < -0.3 is 10.4 Å². The van der Waals surface area contributed by atoms with E-state index in [1.165, 1.54) is 25.8 Å². The maximum absolute atomic E-state index is 9.81. The molecule has 94 valence electrons. The molecule has 0 bridgehead atoms. The third-order valence-electron chi connectivity index (χ3n) is 4.53. The normalized spacial score (nSPS) is 37.3. The summed E-state index contributed by atoms with van der Waals surface area (Å²) in [5.41, 5.74) is -0.0180. The van der Waals surface area contributed by atoms with Gasteiger partial charge in [0.2, 0.25) is 0 Å². The van der Waals surface area contributed by atoms with E-state index >= 15 is 0 Å². The molecule has 0 aromatic carbocycles. The second-order valence-corrected chi connectivity index (χ2v) is 5.57. The summed E-state index contributed by atoms with van der Waals surface area (Å²) < 4.78 is 0. The summed E-state index contributed by atoms with van der Waals surface area (Å²) in [7, 11) is 0. The van der Waals surface area contributed by atoms with Crippen LogP contribution in [0.25, 0.3) is 0 Å². The highest BCUT2D eigenvalue weighted by atomic mass is 16.3. The van der Waals surface area contributed by atoms with E-state index in [2.05, 4.69) is 24.1 Å². The average Bonchev–Trinajstić information content (AvgIpc) is 2.69. The highest BCUT2D eigenvalue weighted by Crippen LogP contribution is 2.35. The minimum atomic E-state index is -0.0180. The van der Waals surface area contributed by atoms with Gasteiger partial charge in [-0.25, -0.2) is 0 Å². The summed E-state index contributed by atoms with van der Waals surface area (Å²) in [5, 5.41) is 13.5. The molecule has 2 N–H and O–H groups in total. The van der Waals surface area contributed by atoms with Crippen LogP contribution in [0.4, 0.5) is 0 Å². The molecule has 3 nitrogen and oxygen atoms in total. The summed E-state index contributed by atoms with van der Waals surface area (Å²) in [6, 6.07) is 1.08. The fourth-order valence-corrected chi connectivity index (χ4v) is 3.39. The summed E-state index contributed by atoms with van der Waals surface area (Å²) in [5.74, 6) is 0. The van der Waals surface area contributed by atoms with Crippen molar-refractivity contribution in [3.8, 4) is 0 Å². The maximum Gasteiger partial charge on any atom is 0.0629 e. The zero-order chi connectivity index (χ0) is 11.6. The smallest absolute Gasteiger partial charge is 0.0629 e. The molecule has 3 heteroatoms. The van der Waals surface area contributed by atoms with E-state index in [9.17, 15) is 5.11 Å². The molecule has 2 heterocycles. The molecule has 0 radical (unpaired) electrons. The first-order chi connectivity index (χ1) is 7.72. The molecule has 2 saturated heterocycles. The van der Waals surface area contributed by atoms with Gasteiger partial charge in [0, 0.05) is 18.6 Å². The van der Waals surface area contributed by atoms with Crippen LogP contribution < -0.4 is 5.32 Å². The molecule has 0 aromatic rings. The van der Waals surface area contributed by atoms with Crippen LogP contribution in [0.5, 0.6) is 0 Å². The first kappa shape index (κ1) is 12.3. The highest BCUT2D eigenvalue weighted by Gasteiger charge is 2.47. The molecule has 0 amide bonds. The molecule has 16 heavy (non-hydrogen) atoms. The van der Waals surface area contributed by atoms with E-state index in [0.29, 0.717) is 18.7 Å². The lowest BCUT2D eigenvalue weighted by atomic mass is 9.85. The van der Waals surface area contributed by atoms with E-state index < -0.39 is 0 Å². The molecule has 2 fully saturated rings. The summed E-state index contributed by atoms with van der Waals surface area (Å²) in [4.78, 5) is 2.58. The van der Waals surface area contributed by atoms with Gasteiger partial charge in [0.15, 0.2) is 0 Å². The van der Waals surface area contributed by atoms with E-state index in [1.807, 2.05) is 0 Å². The highest BCUT2D eigenvalue weighted by molar-refractivity contribution is 5.07. The van der Waals surface area contributed by atoms with Crippen molar-refractivity contribution in [3.63, 3.8) is 0 Å². The number of piperidine rings is 1. The van der Waals surface area contributed by atoms with Gasteiger partial charge in [0.1, 0.15) is 0 Å². The van der Waals surface area contributed by atoms with Crippen molar-refractivity contribution in [2.75, 3.05) is 19.7 Å². The summed E-state index contributed by atoms with van der Waals surface area (Å²) in [6.45, 7) is 7.11. The minimum absolute atomic E-state index is 0.0180. The molecule has 2 rings (SSSR count). The SMILES string of the molecule is CCC(C)NC1(CO)CCN2CCCCC21. The quantitative estimate of drug-likeness (QED) is 0.760. The van der Waals surface area contributed by atoms with Crippen LogP contribution in [-0.2, 0) is 0 Å². The number of aliphatic hydroxyl groups is 1. The Bertz CT molecular complexity index is 234. The molecule has 3 unspecified atom stereocenters. The Morgan fingerprint density at radius 2 is 2.25 bits per heavy atom. The van der Waals surface area contributed by atoms with Crippen molar-refractivity contribution in [2.45, 2.75) is 63.6 Å². The molecule has 3 atom stereocenters. The molecular formula is C13H26N2O. The number of nitrogens with one attached hydrogen (secondary N) is 1. The first-order valence-corrected chi connectivity index (χ1v) is 6.84. The molecule has 0 aromatic heterocycles. The van der Waals surface area contributed by atoms with Crippen molar-refractivity contribution in [1.82, 2.24) is 10.2 Å². The van der Waals surface area contributed by atoms with E-state index in [1.54, 1.807) is 0 Å². The zero-order valence-corrected chi connectivity index (χ0v) is 10.7. The largest absolute Gasteiger partial charge is 0.394 e. The van der Waals surface area contributed by atoms with Crippen LogP contribution in [-0.4, -0.2) is 47.3 Å². The van der Waals surface area contributed by atoms with Crippen molar-refractivity contribution in [2.24, 2.45) is 0 Å². The average molecular weight is 226 g/mol. The van der Waals surface area contributed by atoms with Crippen LogP contribution in [0.15, 0.2) is 0 Å². The second kappa shape index (κ2) is 5.03. The minimum Gasteiger partial charge on any atom is -0.394 e. The number of rotatable bonds is 4. The van der Waals surface area contributed by atoms with Gasteiger partial charge in [-0.2, -0.15) is 0 Å². The maximum atomic E-state index is 9.81. The third-order valence-corrected chi connectivity index (χ3v) is 4.53. The predicted octanol–water partition coefficient (Wildman–Crippen LogP) is 1.36. The number of nitrogens with zero attached hydrogens (tertiary/aromatic N) is 1. The lowest BCUT2D eigenvalue weighted by Gasteiger charge is -2.42. The summed E-state index contributed by atoms with van der Waals surface area (Å²) >= 11 is 0. The van der Waals surface area contributed by atoms with Crippen molar-refractivity contribution >= 4 is 0 Å². The Morgan fingerprint density at radius 1 is 1.44 bits per heavy atom. The standard InChI is InChI=1S/C13H26N2O/c1-3-11(2)14-13(10-16)7-9-15-8-5-4-6-12(13)15/h11-12,14,16H,3-10H2,1-2H3. The van der Waals surface area contributed by atoms with Crippen LogP contribution in [0.3, 0.4) is 0 Å². The van der Waals surface area contributed by atoms with Crippen molar-refractivity contribution in [3.05, 3.63) is 0 Å². The van der Waals surface area contributed by atoms with Gasteiger partial charge in [-0.05, 0) is 39.2 Å². The monoisotopic (exact) mass is 226 g/mol. The Kier molecular flexibility index (Phi) is 3.88. The first-order valence-electron chi connectivity index (χ1n) is 6.84. The number of aliphatic hydroxyl groups excluding tert-OH is 1. The van der Waals surface area contributed by atoms with Crippen molar-refractivity contribution < 1.29 is 5.11 Å². The van der Waals surface area contributed by atoms with Gasteiger partial charge in [0.05, 0.1) is 12.1 Å². The van der Waals surface area contributed by atoms with E-state index in [0.717, 1.165) is 19.4 Å². The van der Waals surface area contributed by atoms with Gasteiger partial charge in [-0.15, -0.1) is 0 Å². The van der Waals surface area contributed by atoms with Gasteiger partial charge in [-0.3, -0.25) is 4.90 Å². The predicted molar refractivity (Wildman–Crippen MR) is 66.5 cm³/mol. The zero-order valence-electron chi connectivity index (χ0n) is 10.7. The Hall–Kier alpha value is -0.120. The summed E-state index contributed by atoms with van der Waals surface area (Å²) in [6.07, 6.45) is 6.16. The van der Waals surface area contributed by atoms with Gasteiger partial charge in [-0.1, -0.05) is 13.3 Å². The molecule has 0 aliphatic carbocycles. The van der Waals surface area contributed by atoms with Crippen molar-refractivity contribution in [1.29, 1.82) is 0 Å². The van der Waals surface area contributed by atoms with Crippen LogP contribution in [0, 0.1) is 0 Å². The number of hydrogen-bond donors (Lipinski definition) is 2. The molecule has 0 saturated carbocycles.